The first-order valence-electron chi connectivity index (χ1n) is 37.7. The highest BCUT2D eigenvalue weighted by atomic mass is 15.0. The number of rotatable bonds is 12. The van der Waals surface area contributed by atoms with Crippen LogP contribution in [0.5, 0.6) is 0 Å². The third-order valence-electron chi connectivity index (χ3n) is 18.0. The van der Waals surface area contributed by atoms with Crippen molar-refractivity contribution in [2.24, 2.45) is 0 Å². The van der Waals surface area contributed by atoms with Crippen molar-refractivity contribution in [2.75, 3.05) is 0 Å². The van der Waals surface area contributed by atoms with Crippen LogP contribution in [-0.4, -0.2) is 59.8 Å². The molecule has 0 saturated carbocycles. The summed E-state index contributed by atoms with van der Waals surface area (Å²) in [6, 6.07) is 119. The van der Waals surface area contributed by atoms with E-state index in [9.17, 15) is 0 Å². The summed E-state index contributed by atoms with van der Waals surface area (Å²) in [5.41, 5.74) is 27.8. The summed E-state index contributed by atoms with van der Waals surface area (Å²) >= 11 is 0. The molecule has 0 aliphatic rings. The van der Waals surface area contributed by atoms with Gasteiger partial charge in [0, 0.05) is 111 Å². The fraction of sp³-hybridized carbons (Fsp3) is 0.0588. The highest BCUT2D eigenvalue weighted by Gasteiger charge is 2.12. The molecule has 0 radical (unpaired) electrons. The number of benzene rings is 10. The minimum Gasteiger partial charge on any atom is -0.265 e. The molecule has 0 amide bonds. The Kier molecular flexibility index (Phi) is 26.8. The molecule has 0 aliphatic carbocycles. The van der Waals surface area contributed by atoms with Gasteiger partial charge in [-0.15, -0.1) is 0 Å². The summed E-state index contributed by atoms with van der Waals surface area (Å²) in [6.45, 7) is 12.2. The van der Waals surface area contributed by atoms with Gasteiger partial charge in [-0.25, -0.2) is 39.9 Å². The normalized spacial score (nSPS) is 10.4. The maximum Gasteiger partial charge on any atom is 0.163 e. The standard InChI is InChI=1S/C18H15N.4C17H14N2.C16H13N3/c1-14-12-17(15-8-4-2-5-9-15)19-18(13-14)16-10-6-3-7-11-16;1-13-10-16(14-2-6-18-7-3-14)12-17(11-13)15-4-8-19-9-5-15;1-13-8-16(14-4-2-6-18-11-14)10-17(9-13)15-5-3-7-19-12-15;1-13-18-16(14-8-4-2-5-9-14)12-17(19-13)15-10-6-3-7-11-15;1-13-12-16(14-8-4-2-5-9-14)19-17(18-13)15-10-6-3-7-11-15;1-12-17-15(13-8-4-2-5-9-13)19-16(18-12)14-10-6-3-7-11-14/h2-13H,1H3;4*2-12H,1H3;2-11H,1H3. The van der Waals surface area contributed by atoms with E-state index < -0.39 is 0 Å². The van der Waals surface area contributed by atoms with E-state index >= 15 is 0 Å². The van der Waals surface area contributed by atoms with Gasteiger partial charge in [0.1, 0.15) is 11.6 Å². The van der Waals surface area contributed by atoms with Crippen LogP contribution in [0.4, 0.5) is 0 Å². The third kappa shape index (κ3) is 22.2. The molecule has 0 fully saturated rings. The van der Waals surface area contributed by atoms with Gasteiger partial charge < -0.3 is 0 Å². The second-order valence-electron chi connectivity index (χ2n) is 26.9. The van der Waals surface area contributed by atoms with Gasteiger partial charge in [0.25, 0.3) is 0 Å². The van der Waals surface area contributed by atoms with Gasteiger partial charge in [0.2, 0.25) is 0 Å². The molecule has 0 bridgehead atoms. The van der Waals surface area contributed by atoms with E-state index in [4.69, 9.17) is 4.98 Å². The molecular formula is C102H84N12. The lowest BCUT2D eigenvalue weighted by Gasteiger charge is -2.08. The highest BCUT2D eigenvalue weighted by Crippen LogP contribution is 2.32. The van der Waals surface area contributed by atoms with Crippen molar-refractivity contribution in [3.8, 4) is 135 Å². The zero-order valence-corrected chi connectivity index (χ0v) is 64.5. The Bertz CT molecular complexity index is 4680. The molecule has 0 unspecified atom stereocenters. The molecule has 18 rings (SSSR count). The second kappa shape index (κ2) is 39.5. The van der Waals surface area contributed by atoms with Crippen molar-refractivity contribution in [1.82, 2.24) is 59.8 Å². The minimum absolute atomic E-state index is 0.715. The van der Waals surface area contributed by atoms with Gasteiger partial charge in [-0.1, -0.05) is 279 Å². The van der Waals surface area contributed by atoms with Crippen LogP contribution in [0.3, 0.4) is 0 Å². The molecule has 0 spiro atoms. The summed E-state index contributed by atoms with van der Waals surface area (Å²) < 4.78 is 0. The molecule has 8 heterocycles. The Hall–Kier alpha value is -14.9. The molecule has 12 nitrogen and oxygen atoms in total. The first-order valence-corrected chi connectivity index (χ1v) is 37.7. The zero-order chi connectivity index (χ0) is 78.5. The fourth-order valence-electron chi connectivity index (χ4n) is 12.6. The van der Waals surface area contributed by atoms with E-state index in [1.54, 1.807) is 12.4 Å². The summed E-state index contributed by atoms with van der Waals surface area (Å²) in [5, 5.41) is 0. The predicted molar refractivity (Wildman–Crippen MR) is 466 cm³/mol. The van der Waals surface area contributed by atoms with Crippen LogP contribution >= 0.6 is 0 Å². The van der Waals surface area contributed by atoms with Crippen molar-refractivity contribution in [1.29, 1.82) is 0 Å². The molecule has 10 aromatic carbocycles. The van der Waals surface area contributed by atoms with E-state index in [0.717, 1.165) is 107 Å². The SMILES string of the molecule is Cc1cc(-c2ccccc2)nc(-c2ccccc2)c1.Cc1cc(-c2ccccc2)nc(-c2ccccc2)n1.Cc1cc(-c2cccnc2)cc(-c2cccnc2)c1.Cc1cc(-c2ccncc2)cc(-c2ccncc2)c1.Cc1nc(-c2ccccc2)cc(-c2ccccc2)n1.Cc1nc(-c2ccccc2)nc(-c2ccccc2)n1. The quantitative estimate of drug-likeness (QED) is 0.114. The summed E-state index contributed by atoms with van der Waals surface area (Å²) in [4.78, 5) is 52.9. The van der Waals surface area contributed by atoms with E-state index in [1.165, 1.54) is 50.1 Å². The van der Waals surface area contributed by atoms with Gasteiger partial charge in [-0.2, -0.15) is 0 Å². The molecule has 18 aromatic rings. The van der Waals surface area contributed by atoms with Crippen LogP contribution in [0, 0.1) is 41.5 Å². The Morgan fingerprint density at radius 1 is 0.158 bits per heavy atom. The molecule has 0 aliphatic heterocycles. The van der Waals surface area contributed by atoms with E-state index in [0.29, 0.717) is 11.6 Å². The minimum atomic E-state index is 0.715. The Balaban J connectivity index is 0.000000119. The third-order valence-corrected chi connectivity index (χ3v) is 18.0. The molecular weight excluding hydrogens is 1390 g/mol. The lowest BCUT2D eigenvalue weighted by Crippen LogP contribution is -1.99. The first-order chi connectivity index (χ1) is 56.0. The first kappa shape index (κ1) is 77.3. The van der Waals surface area contributed by atoms with Gasteiger partial charge in [0.15, 0.2) is 17.5 Å². The van der Waals surface area contributed by atoms with Gasteiger partial charge in [-0.3, -0.25) is 19.9 Å². The number of aromatic nitrogens is 12. The Morgan fingerprint density at radius 2 is 0.430 bits per heavy atom. The highest BCUT2D eigenvalue weighted by molar-refractivity contribution is 5.76. The molecule has 0 saturated heterocycles. The summed E-state index contributed by atoms with van der Waals surface area (Å²) in [5.74, 6) is 3.73. The van der Waals surface area contributed by atoms with Gasteiger partial charge in [0.05, 0.1) is 28.5 Å². The van der Waals surface area contributed by atoms with Gasteiger partial charge in [-0.05, 0) is 164 Å². The molecule has 0 atom stereocenters. The molecule has 12 heteroatoms. The van der Waals surface area contributed by atoms with Crippen molar-refractivity contribution < 1.29 is 0 Å². The lowest BCUT2D eigenvalue weighted by molar-refractivity contribution is 0.992. The maximum atomic E-state index is 4.77. The number of nitrogens with zero attached hydrogens (tertiary/aromatic N) is 12. The van der Waals surface area contributed by atoms with Crippen LogP contribution in [0.15, 0.2) is 401 Å². The molecule has 552 valence electrons. The Morgan fingerprint density at radius 3 is 0.754 bits per heavy atom. The van der Waals surface area contributed by atoms with Crippen molar-refractivity contribution in [2.45, 2.75) is 41.5 Å². The van der Waals surface area contributed by atoms with Crippen LogP contribution in [0.1, 0.15) is 34.0 Å². The van der Waals surface area contributed by atoms with Crippen LogP contribution < -0.4 is 0 Å². The largest absolute Gasteiger partial charge is 0.265 e. The molecule has 0 N–H and O–H groups in total. The average molecular weight is 1480 g/mol. The van der Waals surface area contributed by atoms with Crippen LogP contribution in [0.25, 0.3) is 135 Å². The second-order valence-corrected chi connectivity index (χ2v) is 26.9. The summed E-state index contributed by atoms with van der Waals surface area (Å²) in [6.07, 6.45) is 14.7. The van der Waals surface area contributed by atoms with Crippen LogP contribution in [0.2, 0.25) is 0 Å². The topological polar surface area (TPSA) is 155 Å². The van der Waals surface area contributed by atoms with Crippen molar-refractivity contribution >= 4 is 0 Å². The average Bonchev–Trinajstić information content (AvgIpc) is 0.855. The number of pyridine rings is 5. The predicted octanol–water partition coefficient (Wildman–Crippen LogP) is 24.7. The monoisotopic (exact) mass is 1480 g/mol. The smallest absolute Gasteiger partial charge is 0.163 e. The number of aryl methyl sites for hydroxylation is 6. The molecule has 114 heavy (non-hydrogen) atoms. The number of hydrogen-bond acceptors (Lipinski definition) is 12. The Labute approximate surface area is 667 Å². The van der Waals surface area contributed by atoms with E-state index in [1.807, 2.05) is 288 Å². The summed E-state index contributed by atoms with van der Waals surface area (Å²) in [7, 11) is 0. The molecule has 8 aromatic heterocycles. The van der Waals surface area contributed by atoms with E-state index in [-0.39, 0.29) is 0 Å². The van der Waals surface area contributed by atoms with Crippen molar-refractivity contribution in [3.63, 3.8) is 0 Å². The maximum absolute atomic E-state index is 4.77. The van der Waals surface area contributed by atoms with Crippen molar-refractivity contribution in [3.05, 3.63) is 435 Å². The van der Waals surface area contributed by atoms with E-state index in [2.05, 4.69) is 197 Å². The van der Waals surface area contributed by atoms with Gasteiger partial charge >= 0.3 is 0 Å². The fourth-order valence-corrected chi connectivity index (χ4v) is 12.6. The van der Waals surface area contributed by atoms with Crippen LogP contribution in [-0.2, 0) is 0 Å². The lowest BCUT2D eigenvalue weighted by atomic mass is 9.98. The zero-order valence-electron chi connectivity index (χ0n) is 64.5. The number of hydrogen-bond donors (Lipinski definition) is 0.